The number of phenols is 1. The fraction of sp³-hybridized carbons (Fsp3) is 0.600. The first-order valence-electron chi connectivity index (χ1n) is 7.13. The molecule has 2 aliphatic heterocycles. The molecule has 0 amide bonds. The SMILES string of the molecule is CCC1CCCCN1Cc1cc2c(cc1O)OCO2. The molecule has 0 saturated carbocycles. The molecule has 0 aromatic heterocycles. The van der Waals surface area contributed by atoms with Gasteiger partial charge in [0.2, 0.25) is 6.79 Å². The van der Waals surface area contributed by atoms with E-state index >= 15 is 0 Å². The summed E-state index contributed by atoms with van der Waals surface area (Å²) in [6.07, 6.45) is 5.01. The molecule has 2 aliphatic rings. The maximum atomic E-state index is 10.1. The van der Waals surface area contributed by atoms with Crippen LogP contribution in [0.4, 0.5) is 0 Å². The Hall–Kier alpha value is -1.42. The number of fused-ring (bicyclic) bond motifs is 1. The summed E-state index contributed by atoms with van der Waals surface area (Å²) >= 11 is 0. The van der Waals surface area contributed by atoms with Crippen LogP contribution in [0.15, 0.2) is 12.1 Å². The van der Waals surface area contributed by atoms with Gasteiger partial charge in [-0.2, -0.15) is 0 Å². The first-order chi connectivity index (χ1) is 9.28. The fourth-order valence-electron chi connectivity index (χ4n) is 3.05. The van der Waals surface area contributed by atoms with Gasteiger partial charge in [0, 0.05) is 24.2 Å². The van der Waals surface area contributed by atoms with Gasteiger partial charge in [0.05, 0.1) is 0 Å². The molecular weight excluding hydrogens is 242 g/mol. The van der Waals surface area contributed by atoms with Crippen LogP contribution in [0, 0.1) is 0 Å². The zero-order valence-corrected chi connectivity index (χ0v) is 11.4. The third-order valence-corrected chi connectivity index (χ3v) is 4.17. The number of likely N-dealkylation sites (tertiary alicyclic amines) is 1. The van der Waals surface area contributed by atoms with E-state index in [1.807, 2.05) is 6.07 Å². The Balaban J connectivity index is 1.78. The lowest BCUT2D eigenvalue weighted by molar-refractivity contribution is 0.135. The molecule has 1 saturated heterocycles. The van der Waals surface area contributed by atoms with Crippen molar-refractivity contribution in [2.75, 3.05) is 13.3 Å². The van der Waals surface area contributed by atoms with Crippen molar-refractivity contribution < 1.29 is 14.6 Å². The predicted molar refractivity (Wildman–Crippen MR) is 72.6 cm³/mol. The van der Waals surface area contributed by atoms with Crippen LogP contribution in [0.1, 0.15) is 38.2 Å². The summed E-state index contributed by atoms with van der Waals surface area (Å²) in [6, 6.07) is 4.22. The van der Waals surface area contributed by atoms with Gasteiger partial charge in [0.15, 0.2) is 11.5 Å². The third-order valence-electron chi connectivity index (χ3n) is 4.17. The Morgan fingerprint density at radius 1 is 1.26 bits per heavy atom. The molecular formula is C15H21NO3. The fourth-order valence-corrected chi connectivity index (χ4v) is 3.05. The summed E-state index contributed by atoms with van der Waals surface area (Å²) in [6.45, 7) is 4.40. The van der Waals surface area contributed by atoms with Crippen molar-refractivity contribution in [2.45, 2.75) is 45.2 Å². The smallest absolute Gasteiger partial charge is 0.231 e. The molecule has 0 bridgehead atoms. The second kappa shape index (κ2) is 5.29. The van der Waals surface area contributed by atoms with Gasteiger partial charge in [-0.25, -0.2) is 0 Å². The van der Waals surface area contributed by atoms with Gasteiger partial charge < -0.3 is 14.6 Å². The van der Waals surface area contributed by atoms with E-state index < -0.39 is 0 Å². The molecule has 1 aromatic rings. The number of benzene rings is 1. The van der Waals surface area contributed by atoms with E-state index in [1.54, 1.807) is 6.07 Å². The Morgan fingerprint density at radius 2 is 2.05 bits per heavy atom. The molecule has 0 aliphatic carbocycles. The summed E-state index contributed by atoms with van der Waals surface area (Å²) < 4.78 is 10.7. The van der Waals surface area contributed by atoms with Crippen molar-refractivity contribution in [1.82, 2.24) is 4.90 Å². The maximum Gasteiger partial charge on any atom is 0.231 e. The summed E-state index contributed by atoms with van der Waals surface area (Å²) in [5.41, 5.74) is 0.935. The van der Waals surface area contributed by atoms with Gasteiger partial charge in [0.1, 0.15) is 5.75 Å². The van der Waals surface area contributed by atoms with Crippen LogP contribution in [0.25, 0.3) is 0 Å². The number of hydrogen-bond donors (Lipinski definition) is 1. The van der Waals surface area contributed by atoms with Crippen molar-refractivity contribution >= 4 is 0 Å². The van der Waals surface area contributed by atoms with Crippen LogP contribution in [-0.4, -0.2) is 29.4 Å². The maximum absolute atomic E-state index is 10.1. The highest BCUT2D eigenvalue weighted by Gasteiger charge is 2.23. The number of rotatable bonds is 3. The van der Waals surface area contributed by atoms with E-state index in [4.69, 9.17) is 9.47 Å². The van der Waals surface area contributed by atoms with E-state index in [0.29, 0.717) is 17.5 Å². The molecule has 1 N–H and O–H groups in total. The molecule has 1 fully saturated rings. The van der Waals surface area contributed by atoms with Gasteiger partial charge >= 0.3 is 0 Å². The number of hydrogen-bond acceptors (Lipinski definition) is 4. The number of ether oxygens (including phenoxy) is 2. The average Bonchev–Trinajstić information content (AvgIpc) is 2.87. The minimum atomic E-state index is 0.250. The van der Waals surface area contributed by atoms with Crippen molar-refractivity contribution in [3.05, 3.63) is 17.7 Å². The molecule has 1 aromatic carbocycles. The van der Waals surface area contributed by atoms with Crippen molar-refractivity contribution in [2.24, 2.45) is 0 Å². The Kier molecular flexibility index (Phi) is 3.51. The van der Waals surface area contributed by atoms with Crippen LogP contribution in [0.2, 0.25) is 0 Å². The molecule has 1 unspecified atom stereocenters. The van der Waals surface area contributed by atoms with Gasteiger partial charge in [0.25, 0.3) is 0 Å². The molecule has 3 rings (SSSR count). The molecule has 0 spiro atoms. The second-order valence-electron chi connectivity index (χ2n) is 5.36. The molecule has 104 valence electrons. The number of piperidine rings is 1. The van der Waals surface area contributed by atoms with E-state index in [2.05, 4.69) is 11.8 Å². The molecule has 2 heterocycles. The molecule has 19 heavy (non-hydrogen) atoms. The van der Waals surface area contributed by atoms with E-state index in [0.717, 1.165) is 24.4 Å². The first-order valence-corrected chi connectivity index (χ1v) is 7.13. The Morgan fingerprint density at radius 3 is 2.84 bits per heavy atom. The van der Waals surface area contributed by atoms with Crippen molar-refractivity contribution in [1.29, 1.82) is 0 Å². The highest BCUT2D eigenvalue weighted by molar-refractivity contribution is 5.51. The van der Waals surface area contributed by atoms with Crippen molar-refractivity contribution in [3.63, 3.8) is 0 Å². The molecule has 4 nitrogen and oxygen atoms in total. The van der Waals surface area contributed by atoms with Crippen LogP contribution in [0.5, 0.6) is 17.2 Å². The number of nitrogens with zero attached hydrogens (tertiary/aromatic N) is 1. The van der Waals surface area contributed by atoms with Gasteiger partial charge in [-0.1, -0.05) is 13.3 Å². The van der Waals surface area contributed by atoms with Crippen LogP contribution in [-0.2, 0) is 6.54 Å². The minimum Gasteiger partial charge on any atom is -0.507 e. The lowest BCUT2D eigenvalue weighted by Gasteiger charge is -2.35. The topological polar surface area (TPSA) is 41.9 Å². The zero-order chi connectivity index (χ0) is 13.2. The van der Waals surface area contributed by atoms with E-state index in [1.165, 1.54) is 25.7 Å². The van der Waals surface area contributed by atoms with Gasteiger partial charge in [-0.3, -0.25) is 4.90 Å². The van der Waals surface area contributed by atoms with Gasteiger partial charge in [-0.15, -0.1) is 0 Å². The predicted octanol–water partition coefficient (Wildman–Crippen LogP) is 2.89. The Labute approximate surface area is 113 Å². The minimum absolute atomic E-state index is 0.250. The standard InChI is InChI=1S/C15H21NO3/c1-2-12-5-3-4-6-16(12)9-11-7-14-15(8-13(11)17)19-10-18-14/h7-8,12,17H,2-6,9-10H2,1H3. The quantitative estimate of drug-likeness (QED) is 0.910. The molecule has 1 atom stereocenters. The van der Waals surface area contributed by atoms with Crippen LogP contribution < -0.4 is 9.47 Å². The summed E-state index contributed by atoms with van der Waals surface area (Å²) in [5, 5.41) is 10.1. The summed E-state index contributed by atoms with van der Waals surface area (Å²) in [7, 11) is 0. The monoisotopic (exact) mass is 263 g/mol. The van der Waals surface area contributed by atoms with Crippen LogP contribution in [0.3, 0.4) is 0 Å². The van der Waals surface area contributed by atoms with E-state index in [-0.39, 0.29) is 6.79 Å². The largest absolute Gasteiger partial charge is 0.507 e. The summed E-state index contributed by atoms with van der Waals surface area (Å²) in [5.74, 6) is 1.70. The highest BCUT2D eigenvalue weighted by atomic mass is 16.7. The molecule has 4 heteroatoms. The van der Waals surface area contributed by atoms with Gasteiger partial charge in [-0.05, 0) is 31.9 Å². The second-order valence-corrected chi connectivity index (χ2v) is 5.36. The number of phenolic OH excluding ortho intramolecular Hbond substituents is 1. The average molecular weight is 263 g/mol. The zero-order valence-electron chi connectivity index (χ0n) is 11.4. The number of aromatic hydroxyl groups is 1. The molecule has 0 radical (unpaired) electrons. The van der Waals surface area contributed by atoms with E-state index in [9.17, 15) is 5.11 Å². The lowest BCUT2D eigenvalue weighted by Crippen LogP contribution is -2.38. The van der Waals surface area contributed by atoms with Crippen LogP contribution >= 0.6 is 0 Å². The summed E-state index contributed by atoms with van der Waals surface area (Å²) in [4.78, 5) is 2.47. The highest BCUT2D eigenvalue weighted by Crippen LogP contribution is 2.38. The lowest BCUT2D eigenvalue weighted by atomic mass is 9.99. The first kappa shape index (κ1) is 12.6. The van der Waals surface area contributed by atoms with Crippen molar-refractivity contribution in [3.8, 4) is 17.2 Å². The third kappa shape index (κ3) is 2.50. The normalized spacial score (nSPS) is 22.7. The Bertz CT molecular complexity index is 461.